The highest BCUT2D eigenvalue weighted by Gasteiger charge is 2.57. The van der Waals surface area contributed by atoms with Crippen molar-refractivity contribution in [3.05, 3.63) is 70.7 Å². The molecule has 2 nitrogen and oxygen atoms in total. The summed E-state index contributed by atoms with van der Waals surface area (Å²) in [5.74, 6) is 0. The number of rotatable bonds is 6. The van der Waals surface area contributed by atoms with Crippen molar-refractivity contribution in [2.75, 3.05) is 19.7 Å². The molecule has 0 radical (unpaired) electrons. The summed E-state index contributed by atoms with van der Waals surface area (Å²) < 4.78 is 6.34. The van der Waals surface area contributed by atoms with E-state index in [1.165, 1.54) is 30.5 Å². The van der Waals surface area contributed by atoms with E-state index in [0.29, 0.717) is 6.04 Å². The number of nitrogens with zero attached hydrogens (tertiary/aromatic N) is 1. The van der Waals surface area contributed by atoms with Gasteiger partial charge in [0.1, 0.15) is 0 Å². The Bertz CT molecular complexity index is 702. The molecule has 1 saturated carbocycles. The Hall–Kier alpha value is -1.35. The van der Waals surface area contributed by atoms with Crippen LogP contribution in [0.25, 0.3) is 0 Å². The molecule has 0 amide bonds. The summed E-state index contributed by atoms with van der Waals surface area (Å²) in [6.45, 7) is 5.41. The molecule has 2 aromatic rings. The van der Waals surface area contributed by atoms with Gasteiger partial charge in [-0.1, -0.05) is 54.1 Å². The first-order valence-corrected chi connectivity index (χ1v) is 9.75. The van der Waals surface area contributed by atoms with Crippen LogP contribution in [0.15, 0.2) is 54.6 Å². The molecule has 3 heteroatoms. The minimum Gasteiger partial charge on any atom is -0.376 e. The Balaban J connectivity index is 1.48. The molecule has 2 fully saturated rings. The fraction of sp³-hybridized carbons (Fsp3) is 0.455. The van der Waals surface area contributed by atoms with E-state index < -0.39 is 0 Å². The van der Waals surface area contributed by atoms with Crippen molar-refractivity contribution in [1.82, 2.24) is 4.90 Å². The van der Waals surface area contributed by atoms with E-state index in [2.05, 4.69) is 54.3 Å². The summed E-state index contributed by atoms with van der Waals surface area (Å²) in [5, 5.41) is 0.785. The smallest absolute Gasteiger partial charge is 0.0726 e. The SMILES string of the molecule is C[C@@H]1CCCN1CCOC1CC1(c1ccccc1)c1ccc(Cl)cc1. The summed E-state index contributed by atoms with van der Waals surface area (Å²) >= 11 is 6.10. The molecule has 132 valence electrons. The quantitative estimate of drug-likeness (QED) is 0.730. The zero-order chi connectivity index (χ0) is 17.3. The Kier molecular flexibility index (Phi) is 4.86. The van der Waals surface area contributed by atoms with Gasteiger partial charge in [-0.25, -0.2) is 0 Å². The van der Waals surface area contributed by atoms with Gasteiger partial charge < -0.3 is 4.74 Å². The van der Waals surface area contributed by atoms with Crippen LogP contribution in [0.5, 0.6) is 0 Å². The molecule has 2 unspecified atom stereocenters. The van der Waals surface area contributed by atoms with Crippen molar-refractivity contribution in [2.24, 2.45) is 0 Å². The van der Waals surface area contributed by atoms with Crippen molar-refractivity contribution < 1.29 is 4.74 Å². The maximum atomic E-state index is 6.34. The fourth-order valence-electron chi connectivity index (χ4n) is 4.33. The molecular formula is C22H26ClNO. The molecule has 0 N–H and O–H groups in total. The number of hydrogen-bond acceptors (Lipinski definition) is 2. The predicted molar refractivity (Wildman–Crippen MR) is 103 cm³/mol. The third-order valence-corrected chi connectivity index (χ3v) is 6.19. The molecular weight excluding hydrogens is 330 g/mol. The van der Waals surface area contributed by atoms with E-state index >= 15 is 0 Å². The fourth-order valence-corrected chi connectivity index (χ4v) is 4.45. The number of hydrogen-bond donors (Lipinski definition) is 0. The molecule has 1 heterocycles. The molecule has 1 saturated heterocycles. The summed E-state index contributed by atoms with van der Waals surface area (Å²) in [6.07, 6.45) is 3.95. The lowest BCUT2D eigenvalue weighted by Gasteiger charge is -2.22. The lowest BCUT2D eigenvalue weighted by atomic mass is 9.87. The number of ether oxygens (including phenoxy) is 1. The predicted octanol–water partition coefficient (Wildman–Crippen LogP) is 4.90. The van der Waals surface area contributed by atoms with Crippen LogP contribution in [0.4, 0.5) is 0 Å². The van der Waals surface area contributed by atoms with Crippen molar-refractivity contribution >= 4 is 11.6 Å². The van der Waals surface area contributed by atoms with Crippen LogP contribution in [0.2, 0.25) is 5.02 Å². The van der Waals surface area contributed by atoms with Gasteiger partial charge in [0, 0.05) is 23.0 Å². The number of likely N-dealkylation sites (tertiary alicyclic amines) is 1. The van der Waals surface area contributed by atoms with Crippen molar-refractivity contribution in [3.63, 3.8) is 0 Å². The van der Waals surface area contributed by atoms with E-state index in [-0.39, 0.29) is 11.5 Å². The average Bonchev–Trinajstić information content (AvgIpc) is 3.23. The molecule has 1 aliphatic carbocycles. The van der Waals surface area contributed by atoms with E-state index in [9.17, 15) is 0 Å². The minimum absolute atomic E-state index is 0.0114. The lowest BCUT2D eigenvalue weighted by Crippen LogP contribution is -2.31. The molecule has 4 rings (SSSR count). The van der Waals surface area contributed by atoms with Crippen LogP contribution in [-0.2, 0) is 10.2 Å². The summed E-state index contributed by atoms with van der Waals surface area (Å²) in [7, 11) is 0. The second-order valence-corrected chi connectivity index (χ2v) is 7.87. The van der Waals surface area contributed by atoms with Gasteiger partial charge in [-0.3, -0.25) is 4.90 Å². The van der Waals surface area contributed by atoms with Gasteiger partial charge in [-0.2, -0.15) is 0 Å². The first-order chi connectivity index (χ1) is 12.2. The van der Waals surface area contributed by atoms with Gasteiger partial charge in [-0.15, -0.1) is 0 Å². The topological polar surface area (TPSA) is 12.5 Å². The lowest BCUT2D eigenvalue weighted by molar-refractivity contribution is 0.0810. The third-order valence-electron chi connectivity index (χ3n) is 5.93. The number of halogens is 1. The van der Waals surface area contributed by atoms with E-state index in [1.54, 1.807) is 0 Å². The molecule has 0 aromatic heterocycles. The summed E-state index contributed by atoms with van der Waals surface area (Å²) in [5.41, 5.74) is 2.64. The van der Waals surface area contributed by atoms with Crippen molar-refractivity contribution in [1.29, 1.82) is 0 Å². The summed E-state index contributed by atoms with van der Waals surface area (Å²) in [4.78, 5) is 2.55. The number of benzene rings is 2. The molecule has 1 aliphatic heterocycles. The zero-order valence-corrected chi connectivity index (χ0v) is 15.6. The molecule has 3 atom stereocenters. The van der Waals surface area contributed by atoms with Crippen molar-refractivity contribution in [2.45, 2.75) is 43.7 Å². The second kappa shape index (κ2) is 7.11. The Morgan fingerprint density at radius 1 is 1.08 bits per heavy atom. The van der Waals surface area contributed by atoms with Gasteiger partial charge in [0.15, 0.2) is 0 Å². The van der Waals surface area contributed by atoms with Crippen LogP contribution in [0, 0.1) is 0 Å². The van der Waals surface area contributed by atoms with E-state index in [4.69, 9.17) is 16.3 Å². The Morgan fingerprint density at radius 2 is 1.80 bits per heavy atom. The molecule has 2 aromatic carbocycles. The third kappa shape index (κ3) is 3.36. The van der Waals surface area contributed by atoms with Gasteiger partial charge in [0.25, 0.3) is 0 Å². The largest absolute Gasteiger partial charge is 0.376 e. The van der Waals surface area contributed by atoms with Gasteiger partial charge in [0.2, 0.25) is 0 Å². The van der Waals surface area contributed by atoms with Gasteiger partial charge in [-0.05, 0) is 56.0 Å². The van der Waals surface area contributed by atoms with Crippen LogP contribution in [-0.4, -0.2) is 36.7 Å². The van der Waals surface area contributed by atoms with Gasteiger partial charge >= 0.3 is 0 Å². The monoisotopic (exact) mass is 355 g/mol. The van der Waals surface area contributed by atoms with E-state index in [0.717, 1.165) is 24.6 Å². The van der Waals surface area contributed by atoms with E-state index in [1.807, 2.05) is 12.1 Å². The van der Waals surface area contributed by atoms with Crippen molar-refractivity contribution in [3.8, 4) is 0 Å². The summed E-state index contributed by atoms with van der Waals surface area (Å²) in [6, 6.07) is 19.8. The molecule has 2 aliphatic rings. The van der Waals surface area contributed by atoms with Crippen LogP contribution >= 0.6 is 11.6 Å². The van der Waals surface area contributed by atoms with Gasteiger partial charge in [0.05, 0.1) is 12.7 Å². The standard InChI is InChI=1S/C22H26ClNO/c1-17-6-5-13-24(17)14-15-25-21-16-22(21,18-7-3-2-4-8-18)19-9-11-20(23)12-10-19/h2-4,7-12,17,21H,5-6,13-16H2,1H3/t17-,21?,22?/m1/s1. The normalized spacial score (nSPS) is 29.0. The highest BCUT2D eigenvalue weighted by atomic mass is 35.5. The first kappa shape index (κ1) is 17.1. The highest BCUT2D eigenvalue weighted by Crippen LogP contribution is 2.55. The zero-order valence-electron chi connectivity index (χ0n) is 14.8. The maximum absolute atomic E-state index is 6.34. The first-order valence-electron chi connectivity index (χ1n) is 9.37. The Labute approximate surface area is 155 Å². The molecule has 0 bridgehead atoms. The maximum Gasteiger partial charge on any atom is 0.0726 e. The van der Waals surface area contributed by atoms with Crippen LogP contribution in [0.3, 0.4) is 0 Å². The molecule has 0 spiro atoms. The molecule has 25 heavy (non-hydrogen) atoms. The highest BCUT2D eigenvalue weighted by molar-refractivity contribution is 6.30. The minimum atomic E-state index is -0.0114. The second-order valence-electron chi connectivity index (χ2n) is 7.44. The Morgan fingerprint density at radius 3 is 2.48 bits per heavy atom. The van der Waals surface area contributed by atoms with Crippen LogP contribution < -0.4 is 0 Å². The average molecular weight is 356 g/mol. The van der Waals surface area contributed by atoms with Crippen LogP contribution in [0.1, 0.15) is 37.3 Å².